The van der Waals surface area contributed by atoms with Crippen LogP contribution in [0.2, 0.25) is 0 Å². The number of H-pyrrole nitrogens is 1. The number of amides is 1. The highest BCUT2D eigenvalue weighted by molar-refractivity contribution is 6.00. The molecule has 1 unspecified atom stereocenters. The molecule has 38 heavy (non-hydrogen) atoms. The molecule has 1 saturated carbocycles. The number of hydrogen-bond acceptors (Lipinski definition) is 7. The third-order valence-electron chi connectivity index (χ3n) is 7.55. The number of hydrogen-bond donors (Lipinski definition) is 3. The van der Waals surface area contributed by atoms with E-state index in [9.17, 15) is 14.0 Å². The average molecular weight is 516 g/mol. The maximum Gasteiger partial charge on any atom is 0.259 e. The van der Waals surface area contributed by atoms with Crippen LogP contribution in [0.3, 0.4) is 0 Å². The molecular formula is C27H26FN7O3. The van der Waals surface area contributed by atoms with Crippen LogP contribution in [0.15, 0.2) is 47.5 Å². The largest absolute Gasteiger partial charge is 0.379 e. The monoisotopic (exact) mass is 515 g/mol. The summed E-state index contributed by atoms with van der Waals surface area (Å²) < 4.78 is 21.1. The lowest BCUT2D eigenvalue weighted by Gasteiger charge is -2.31. The first kappa shape index (κ1) is 22.9. The van der Waals surface area contributed by atoms with Gasteiger partial charge in [0.2, 0.25) is 5.91 Å². The van der Waals surface area contributed by atoms with Crippen molar-refractivity contribution in [2.24, 2.45) is 5.92 Å². The van der Waals surface area contributed by atoms with Gasteiger partial charge < -0.3 is 25.3 Å². The fourth-order valence-electron chi connectivity index (χ4n) is 5.53. The summed E-state index contributed by atoms with van der Waals surface area (Å²) in [6, 6.07) is 9.52. The Morgan fingerprint density at radius 2 is 2.11 bits per heavy atom. The maximum atomic E-state index is 13.4. The number of nitrogens with one attached hydrogen (secondary N) is 3. The Morgan fingerprint density at radius 3 is 2.89 bits per heavy atom. The summed E-state index contributed by atoms with van der Waals surface area (Å²) in [5.74, 6) is -0.798. The molecule has 5 heterocycles. The molecule has 3 N–H and O–H groups in total. The van der Waals surface area contributed by atoms with Crippen LogP contribution < -0.4 is 21.1 Å². The fraction of sp³-hybridized carbons (Fsp3) is 0.333. The molecule has 11 heteroatoms. The standard InChI is InChI=1S/C27H26FN7O3/c1-34-12-22-17(11-30-35(22)14-6-8-38-13-14)15-3-2-4-20(25(15)34)31-21-10-23(33-26(36)16-9-18(16)28)32-19-5-7-29-27(37)24(19)21/h2-5,7,10-11,14,16,18H,6,8-9,12-13H2,1H3,(H,29,37)(H2,31,32,33,36)/t14?,16-,18+/m1/s1. The quantitative estimate of drug-likeness (QED) is 0.371. The third kappa shape index (κ3) is 3.73. The van der Waals surface area contributed by atoms with Crippen molar-refractivity contribution in [3.05, 3.63) is 58.8 Å². The molecule has 3 aromatic heterocycles. The molecule has 4 aromatic rings. The Labute approximate surface area is 216 Å². The van der Waals surface area contributed by atoms with E-state index in [1.165, 1.54) is 6.20 Å². The molecule has 3 atom stereocenters. The van der Waals surface area contributed by atoms with E-state index >= 15 is 0 Å². The van der Waals surface area contributed by atoms with Crippen LogP contribution in [-0.4, -0.2) is 52.1 Å². The molecule has 3 aliphatic rings. The number of fused-ring (bicyclic) bond motifs is 4. The Bertz CT molecular complexity index is 1640. The minimum atomic E-state index is -1.11. The van der Waals surface area contributed by atoms with Crippen molar-refractivity contribution < 1.29 is 13.9 Å². The van der Waals surface area contributed by atoms with Gasteiger partial charge in [-0.2, -0.15) is 5.10 Å². The summed E-state index contributed by atoms with van der Waals surface area (Å²) in [6.07, 6.45) is 3.48. The van der Waals surface area contributed by atoms with Crippen LogP contribution in [0, 0.1) is 5.92 Å². The predicted octanol–water partition coefficient (Wildman–Crippen LogP) is 3.74. The Hall–Kier alpha value is -4.25. The number of carbonyl (C=O) groups is 1. The minimum Gasteiger partial charge on any atom is -0.379 e. The van der Waals surface area contributed by atoms with Crippen LogP contribution >= 0.6 is 0 Å². The fourth-order valence-corrected chi connectivity index (χ4v) is 5.53. The number of benzene rings is 1. The zero-order chi connectivity index (χ0) is 26.0. The summed E-state index contributed by atoms with van der Waals surface area (Å²) in [6.45, 7) is 2.08. The number of aromatic amines is 1. The normalized spacial score (nSPS) is 21.7. The molecule has 1 amide bonds. The second-order valence-corrected chi connectivity index (χ2v) is 10.1. The Balaban J connectivity index is 1.29. The molecule has 1 aliphatic carbocycles. The first-order chi connectivity index (χ1) is 18.5. The van der Waals surface area contributed by atoms with Gasteiger partial charge in [0, 0.05) is 37.0 Å². The number of carbonyl (C=O) groups excluding carboxylic acids is 1. The zero-order valence-electron chi connectivity index (χ0n) is 20.7. The number of pyridine rings is 2. The van der Waals surface area contributed by atoms with Crippen molar-refractivity contribution in [1.29, 1.82) is 0 Å². The van der Waals surface area contributed by atoms with Gasteiger partial charge in [0.15, 0.2) is 0 Å². The highest BCUT2D eigenvalue weighted by Crippen LogP contribution is 2.45. The molecular weight excluding hydrogens is 489 g/mol. The summed E-state index contributed by atoms with van der Waals surface area (Å²) in [7, 11) is 2.03. The number of anilines is 4. The molecule has 1 saturated heterocycles. The summed E-state index contributed by atoms with van der Waals surface area (Å²) >= 11 is 0. The molecule has 7 rings (SSSR count). The average Bonchev–Trinajstić information content (AvgIpc) is 3.25. The number of rotatable bonds is 5. The second kappa shape index (κ2) is 8.66. The van der Waals surface area contributed by atoms with Crippen molar-refractivity contribution in [2.75, 3.05) is 35.8 Å². The highest BCUT2D eigenvalue weighted by Gasteiger charge is 2.43. The lowest BCUT2D eigenvalue weighted by molar-refractivity contribution is -0.117. The van der Waals surface area contributed by atoms with Gasteiger partial charge in [-0.3, -0.25) is 14.3 Å². The summed E-state index contributed by atoms with van der Waals surface area (Å²) in [5.41, 5.74) is 5.64. The first-order valence-corrected chi connectivity index (χ1v) is 12.7. The van der Waals surface area contributed by atoms with Crippen molar-refractivity contribution in [2.45, 2.75) is 31.6 Å². The van der Waals surface area contributed by atoms with Crippen LogP contribution in [0.25, 0.3) is 22.0 Å². The van der Waals surface area contributed by atoms with E-state index in [1.54, 1.807) is 12.1 Å². The van der Waals surface area contributed by atoms with Crippen molar-refractivity contribution in [3.8, 4) is 11.1 Å². The highest BCUT2D eigenvalue weighted by atomic mass is 19.1. The predicted molar refractivity (Wildman–Crippen MR) is 142 cm³/mol. The molecule has 0 radical (unpaired) electrons. The van der Waals surface area contributed by atoms with Gasteiger partial charge >= 0.3 is 0 Å². The van der Waals surface area contributed by atoms with Crippen LogP contribution in [-0.2, 0) is 16.1 Å². The van der Waals surface area contributed by atoms with Gasteiger partial charge in [-0.15, -0.1) is 0 Å². The number of nitrogens with zero attached hydrogens (tertiary/aromatic N) is 4. The van der Waals surface area contributed by atoms with E-state index < -0.39 is 18.0 Å². The molecule has 10 nitrogen and oxygen atoms in total. The van der Waals surface area contributed by atoms with Gasteiger partial charge in [-0.25, -0.2) is 9.37 Å². The van der Waals surface area contributed by atoms with Gasteiger partial charge in [-0.05, 0) is 25.0 Å². The maximum absolute atomic E-state index is 13.4. The van der Waals surface area contributed by atoms with Gasteiger partial charge in [0.05, 0.1) is 65.0 Å². The molecule has 194 valence electrons. The zero-order valence-corrected chi connectivity index (χ0v) is 20.7. The Kier molecular flexibility index (Phi) is 5.22. The first-order valence-electron chi connectivity index (χ1n) is 12.7. The van der Waals surface area contributed by atoms with E-state index in [0.717, 1.165) is 41.2 Å². The van der Waals surface area contributed by atoms with Crippen molar-refractivity contribution in [1.82, 2.24) is 19.7 Å². The molecule has 0 bridgehead atoms. The minimum absolute atomic E-state index is 0.221. The van der Waals surface area contributed by atoms with Gasteiger partial charge in [0.1, 0.15) is 12.0 Å². The van der Waals surface area contributed by atoms with Crippen LogP contribution in [0.4, 0.5) is 27.3 Å². The van der Waals surface area contributed by atoms with Gasteiger partial charge in [0.25, 0.3) is 5.56 Å². The van der Waals surface area contributed by atoms with E-state index in [4.69, 9.17) is 9.84 Å². The lowest BCUT2D eigenvalue weighted by atomic mass is 9.97. The second-order valence-electron chi connectivity index (χ2n) is 10.1. The topological polar surface area (TPSA) is 117 Å². The van der Waals surface area contributed by atoms with E-state index in [-0.39, 0.29) is 23.8 Å². The van der Waals surface area contributed by atoms with Crippen LogP contribution in [0.5, 0.6) is 0 Å². The van der Waals surface area contributed by atoms with E-state index in [1.807, 2.05) is 25.4 Å². The SMILES string of the molecule is CN1Cc2c(cnn2C2CCOC2)-c2cccc(Nc3cc(NC(=O)[C@@H]4C[C@@H]4F)nc4cc[nH]c(=O)c34)c21. The molecule has 2 fully saturated rings. The number of aromatic nitrogens is 4. The smallest absolute Gasteiger partial charge is 0.259 e. The molecule has 2 aliphatic heterocycles. The van der Waals surface area contributed by atoms with Gasteiger partial charge in [-0.1, -0.05) is 12.1 Å². The van der Waals surface area contributed by atoms with Crippen molar-refractivity contribution in [3.63, 3.8) is 0 Å². The molecule has 0 spiro atoms. The number of ether oxygens (including phenoxy) is 1. The number of alkyl halides is 1. The third-order valence-corrected chi connectivity index (χ3v) is 7.55. The van der Waals surface area contributed by atoms with E-state index in [0.29, 0.717) is 29.7 Å². The van der Waals surface area contributed by atoms with Crippen molar-refractivity contribution >= 4 is 39.7 Å². The van der Waals surface area contributed by atoms with Crippen LogP contribution in [0.1, 0.15) is 24.6 Å². The lowest BCUT2D eigenvalue weighted by Crippen LogP contribution is -2.26. The number of halogens is 1. The summed E-state index contributed by atoms with van der Waals surface area (Å²) in [5, 5.41) is 11.2. The number of para-hydroxylation sites is 1. The molecule has 1 aromatic carbocycles. The Morgan fingerprint density at radius 1 is 1.24 bits per heavy atom. The summed E-state index contributed by atoms with van der Waals surface area (Å²) in [4.78, 5) is 34.5. The van der Waals surface area contributed by atoms with E-state index in [2.05, 4.69) is 36.2 Å².